The average Bonchev–Trinajstić information content (AvgIpc) is 3.00. The van der Waals surface area contributed by atoms with Crippen molar-refractivity contribution in [1.29, 1.82) is 0 Å². The second kappa shape index (κ2) is 8.72. The molecule has 1 aliphatic carbocycles. The Labute approximate surface area is 196 Å². The Balaban J connectivity index is 1.65. The molecule has 1 aromatic carbocycles. The number of hydrogen-bond donors (Lipinski definition) is 1. The summed E-state index contributed by atoms with van der Waals surface area (Å²) in [5, 5.41) is 2.09. The van der Waals surface area contributed by atoms with Gasteiger partial charge in [0.1, 0.15) is 18.3 Å². The summed E-state index contributed by atoms with van der Waals surface area (Å²) in [4.78, 5) is 18.3. The van der Waals surface area contributed by atoms with Crippen molar-refractivity contribution >= 4 is 17.5 Å². The summed E-state index contributed by atoms with van der Waals surface area (Å²) in [6, 6.07) is 10.4. The van der Waals surface area contributed by atoms with E-state index >= 15 is 0 Å². The number of fused-ring (bicyclic) bond motifs is 1. The van der Waals surface area contributed by atoms with Crippen LogP contribution in [0.5, 0.6) is 0 Å². The zero-order valence-electron chi connectivity index (χ0n) is 20.8. The number of benzene rings is 1. The maximum Gasteiger partial charge on any atom is 0.232 e. The maximum atomic E-state index is 6.20. The van der Waals surface area contributed by atoms with Crippen LogP contribution in [0.1, 0.15) is 45.5 Å². The Morgan fingerprint density at radius 3 is 2.55 bits per heavy atom. The highest BCUT2D eigenvalue weighted by atomic mass is 16.5. The fourth-order valence-electron chi connectivity index (χ4n) is 3.96. The molecule has 1 unspecified atom stereocenters. The molecule has 0 spiro atoms. The Bertz CT molecular complexity index is 1110. The molecule has 33 heavy (non-hydrogen) atoms. The van der Waals surface area contributed by atoms with E-state index in [0.717, 1.165) is 41.1 Å². The number of hydrogen-bond acceptors (Lipinski definition) is 6. The van der Waals surface area contributed by atoms with Crippen LogP contribution in [0.4, 0.5) is 11.5 Å². The minimum absolute atomic E-state index is 0.209. The average molecular weight is 448 g/mol. The predicted molar refractivity (Wildman–Crippen MR) is 132 cm³/mol. The molecule has 0 amide bonds. The Morgan fingerprint density at radius 1 is 1.15 bits per heavy atom. The second-order valence-corrected chi connectivity index (χ2v) is 10.0. The Kier molecular flexibility index (Phi) is 6.12. The van der Waals surface area contributed by atoms with Gasteiger partial charge in [-0.2, -0.15) is 4.98 Å². The number of aliphatic imine (C=N–C) groups is 1. The van der Waals surface area contributed by atoms with Crippen LogP contribution in [-0.4, -0.2) is 45.7 Å². The minimum Gasteiger partial charge on any atom is -0.355 e. The standard InChI is InChI=1S/C26H34N6O/c1-18-8-10-21(11-9-18)32(17-33-25(3,4)5)24-30-22-16-20(12-14-26(22,6)31(24)7)29-23-13-15-27-19(2)28-23/h8-13,15-16H,14,17H2,1-7H3,(H,27,28,29)/p+1. The van der Waals surface area contributed by atoms with E-state index in [1.54, 1.807) is 6.20 Å². The lowest BCUT2D eigenvalue weighted by atomic mass is 9.88. The van der Waals surface area contributed by atoms with Crippen molar-refractivity contribution in [1.82, 2.24) is 14.9 Å². The molecule has 7 heteroatoms. The largest absolute Gasteiger partial charge is 0.355 e. The summed E-state index contributed by atoms with van der Waals surface area (Å²) in [5.74, 6) is 2.57. The molecule has 1 aliphatic heterocycles. The van der Waals surface area contributed by atoms with Gasteiger partial charge in [-0.15, -0.1) is 0 Å². The first kappa shape index (κ1) is 23.1. The van der Waals surface area contributed by atoms with E-state index in [4.69, 9.17) is 9.73 Å². The summed E-state index contributed by atoms with van der Waals surface area (Å²) < 4.78 is 6.20. The van der Waals surface area contributed by atoms with Crippen LogP contribution in [0.15, 0.2) is 65.1 Å². The lowest BCUT2D eigenvalue weighted by Crippen LogP contribution is -2.76. The SMILES string of the molecule is Cc1ccc(N(COC(C)(C)C)C2=NC3=CC([NH2+]c4ccnc(C)n4)=CCC3(C)N2C)cc1. The molecule has 0 saturated carbocycles. The Morgan fingerprint density at radius 2 is 1.88 bits per heavy atom. The van der Waals surface area contributed by atoms with Crippen LogP contribution < -0.4 is 10.2 Å². The lowest BCUT2D eigenvalue weighted by molar-refractivity contribution is -0.517. The van der Waals surface area contributed by atoms with E-state index in [9.17, 15) is 0 Å². The smallest absolute Gasteiger partial charge is 0.232 e. The van der Waals surface area contributed by atoms with E-state index < -0.39 is 0 Å². The monoisotopic (exact) mass is 447 g/mol. The van der Waals surface area contributed by atoms with Crippen molar-refractivity contribution in [2.24, 2.45) is 4.99 Å². The number of anilines is 1. The van der Waals surface area contributed by atoms with Crippen molar-refractivity contribution < 1.29 is 10.1 Å². The summed E-state index contributed by atoms with van der Waals surface area (Å²) in [6.07, 6.45) is 7.09. The molecule has 0 saturated heterocycles. The fraction of sp³-hybridized carbons (Fsp3) is 0.423. The van der Waals surface area contributed by atoms with Crippen molar-refractivity contribution in [2.45, 2.75) is 59.1 Å². The van der Waals surface area contributed by atoms with E-state index in [0.29, 0.717) is 6.73 Å². The third-order valence-corrected chi connectivity index (χ3v) is 6.18. The molecular formula is C26H35N6O+. The predicted octanol–water partition coefficient (Wildman–Crippen LogP) is 3.80. The minimum atomic E-state index is -0.254. The van der Waals surface area contributed by atoms with Crippen molar-refractivity contribution in [2.75, 3.05) is 18.7 Å². The fourth-order valence-corrected chi connectivity index (χ4v) is 3.96. The van der Waals surface area contributed by atoms with Gasteiger partial charge >= 0.3 is 0 Å². The zero-order valence-corrected chi connectivity index (χ0v) is 20.8. The first-order chi connectivity index (χ1) is 15.5. The van der Waals surface area contributed by atoms with Gasteiger partial charge in [-0.05, 0) is 59.8 Å². The van der Waals surface area contributed by atoms with Gasteiger partial charge in [-0.3, -0.25) is 10.2 Å². The van der Waals surface area contributed by atoms with Gasteiger partial charge in [-0.1, -0.05) is 17.7 Å². The number of aromatic nitrogens is 2. The summed E-state index contributed by atoms with van der Waals surface area (Å²) in [6.45, 7) is 12.9. The number of aryl methyl sites for hydroxylation is 2. The third-order valence-electron chi connectivity index (χ3n) is 6.18. The molecule has 4 rings (SSSR count). The maximum absolute atomic E-state index is 6.20. The molecule has 1 atom stereocenters. The second-order valence-electron chi connectivity index (χ2n) is 10.0. The normalized spacial score (nSPS) is 20.2. The molecule has 1 aromatic heterocycles. The topological polar surface area (TPSA) is 70.5 Å². The number of nitrogens with two attached hydrogens (primary N) is 1. The number of likely N-dealkylation sites (N-methyl/N-ethyl adjacent to an activating group) is 1. The third kappa shape index (κ3) is 4.99. The summed E-state index contributed by atoms with van der Waals surface area (Å²) in [5.41, 5.74) is 3.99. The van der Waals surface area contributed by atoms with Gasteiger partial charge in [0.05, 0.1) is 16.8 Å². The van der Waals surface area contributed by atoms with E-state index in [1.807, 2.05) is 13.0 Å². The van der Waals surface area contributed by atoms with Gasteiger partial charge < -0.3 is 9.64 Å². The highest BCUT2D eigenvalue weighted by molar-refractivity contribution is 5.99. The van der Waals surface area contributed by atoms with Crippen LogP contribution >= 0.6 is 0 Å². The molecule has 2 aliphatic rings. The van der Waals surface area contributed by atoms with Gasteiger partial charge in [-0.25, -0.2) is 9.98 Å². The summed E-state index contributed by atoms with van der Waals surface area (Å²) in [7, 11) is 2.12. The number of allylic oxidation sites excluding steroid dienone is 1. The zero-order chi connectivity index (χ0) is 23.8. The van der Waals surface area contributed by atoms with Gasteiger partial charge in [0, 0.05) is 37.5 Å². The number of nitrogens with zero attached hydrogens (tertiary/aromatic N) is 5. The van der Waals surface area contributed by atoms with Crippen LogP contribution in [0.3, 0.4) is 0 Å². The van der Waals surface area contributed by atoms with E-state index in [2.05, 4.69) is 103 Å². The molecule has 0 radical (unpaired) electrons. The first-order valence-corrected chi connectivity index (χ1v) is 11.4. The number of guanidine groups is 1. The van der Waals surface area contributed by atoms with Crippen LogP contribution in [0.2, 0.25) is 0 Å². The van der Waals surface area contributed by atoms with E-state index in [1.165, 1.54) is 5.56 Å². The van der Waals surface area contributed by atoms with Gasteiger partial charge in [0.2, 0.25) is 11.8 Å². The van der Waals surface area contributed by atoms with Crippen LogP contribution in [-0.2, 0) is 4.74 Å². The molecular weight excluding hydrogens is 412 g/mol. The van der Waals surface area contributed by atoms with Crippen molar-refractivity contribution in [3.8, 4) is 0 Å². The van der Waals surface area contributed by atoms with Gasteiger partial charge in [0.25, 0.3) is 0 Å². The molecule has 174 valence electrons. The molecule has 7 nitrogen and oxygen atoms in total. The van der Waals surface area contributed by atoms with Crippen molar-refractivity contribution in [3.63, 3.8) is 0 Å². The highest BCUT2D eigenvalue weighted by Gasteiger charge is 2.44. The highest BCUT2D eigenvalue weighted by Crippen LogP contribution is 2.39. The quantitative estimate of drug-likeness (QED) is 0.706. The number of quaternary nitrogens is 1. The lowest BCUT2D eigenvalue weighted by Gasteiger charge is -2.38. The Hall–Kier alpha value is -3.03. The molecule has 0 fully saturated rings. The van der Waals surface area contributed by atoms with Gasteiger partial charge in [0.15, 0.2) is 0 Å². The van der Waals surface area contributed by atoms with Crippen molar-refractivity contribution in [3.05, 3.63) is 71.5 Å². The molecule has 0 bridgehead atoms. The van der Waals surface area contributed by atoms with Crippen LogP contribution in [0.25, 0.3) is 0 Å². The first-order valence-electron chi connectivity index (χ1n) is 11.4. The molecule has 2 N–H and O–H groups in total. The summed E-state index contributed by atoms with van der Waals surface area (Å²) >= 11 is 0. The number of rotatable bonds is 5. The molecule has 2 heterocycles. The van der Waals surface area contributed by atoms with E-state index in [-0.39, 0.29) is 11.1 Å². The molecule has 2 aromatic rings. The van der Waals surface area contributed by atoms with Crippen LogP contribution in [0, 0.1) is 13.8 Å². The number of ether oxygens (including phenoxy) is 1.